The zero-order chi connectivity index (χ0) is 17.2. The highest BCUT2D eigenvalue weighted by Gasteiger charge is 2.27. The molecule has 2 aromatic rings. The van der Waals surface area contributed by atoms with E-state index in [1.165, 1.54) is 18.5 Å². The minimum absolute atomic E-state index is 0.00796. The van der Waals surface area contributed by atoms with Crippen molar-refractivity contribution >= 4 is 23.5 Å². The van der Waals surface area contributed by atoms with Gasteiger partial charge in [0.05, 0.1) is 5.92 Å². The number of piperidine rings is 1. The van der Waals surface area contributed by atoms with E-state index >= 15 is 0 Å². The molecule has 0 spiro atoms. The number of aromatic nitrogens is 4. The molecule has 0 bridgehead atoms. The van der Waals surface area contributed by atoms with E-state index in [9.17, 15) is 4.79 Å². The third-order valence-electron chi connectivity index (χ3n) is 4.84. The van der Waals surface area contributed by atoms with Gasteiger partial charge in [-0.15, -0.1) is 0 Å². The van der Waals surface area contributed by atoms with Gasteiger partial charge in [0.15, 0.2) is 5.82 Å². The van der Waals surface area contributed by atoms with Gasteiger partial charge in [0.25, 0.3) is 0 Å². The number of hydrogen-bond donors (Lipinski definition) is 3. The first-order chi connectivity index (χ1) is 12.2. The third-order valence-corrected chi connectivity index (χ3v) is 4.84. The topological polar surface area (TPSA) is 98.8 Å². The van der Waals surface area contributed by atoms with Crippen LogP contribution in [0.25, 0.3) is 0 Å². The maximum atomic E-state index is 11.9. The Kier molecular flexibility index (Phi) is 4.25. The lowest BCUT2D eigenvalue weighted by Crippen LogP contribution is -2.42. The van der Waals surface area contributed by atoms with Crippen LogP contribution < -0.4 is 15.5 Å². The second-order valence-electron chi connectivity index (χ2n) is 6.75. The first-order valence-corrected chi connectivity index (χ1v) is 8.85. The van der Waals surface area contributed by atoms with Crippen LogP contribution in [0.5, 0.6) is 0 Å². The molecule has 1 amide bonds. The van der Waals surface area contributed by atoms with Gasteiger partial charge in [0.2, 0.25) is 11.9 Å². The van der Waals surface area contributed by atoms with Crippen LogP contribution in [-0.2, 0) is 4.79 Å². The van der Waals surface area contributed by atoms with Crippen LogP contribution in [0.4, 0.5) is 17.6 Å². The summed E-state index contributed by atoms with van der Waals surface area (Å²) in [4.78, 5) is 23.0. The van der Waals surface area contributed by atoms with E-state index in [0.717, 1.165) is 25.2 Å². The molecule has 1 aliphatic heterocycles. The number of amides is 1. The maximum Gasteiger partial charge on any atom is 0.227 e. The van der Waals surface area contributed by atoms with Crippen LogP contribution in [-0.4, -0.2) is 46.2 Å². The number of nitrogens with zero attached hydrogens (tertiary/aromatic N) is 4. The van der Waals surface area contributed by atoms with Gasteiger partial charge >= 0.3 is 0 Å². The third kappa shape index (κ3) is 3.57. The van der Waals surface area contributed by atoms with Crippen molar-refractivity contribution in [3.63, 3.8) is 0 Å². The van der Waals surface area contributed by atoms with Crippen LogP contribution in [0, 0.1) is 5.92 Å². The molecule has 0 radical (unpaired) electrons. The van der Waals surface area contributed by atoms with Crippen molar-refractivity contribution in [3.8, 4) is 0 Å². The number of hydrogen-bond acceptors (Lipinski definition) is 6. The Balaban J connectivity index is 1.45. The molecule has 1 atom stereocenters. The molecule has 8 nitrogen and oxygen atoms in total. The van der Waals surface area contributed by atoms with Gasteiger partial charge in [0.1, 0.15) is 5.82 Å². The molecule has 1 aliphatic carbocycles. The molecule has 2 aromatic heterocycles. The minimum Gasteiger partial charge on any atom is -0.359 e. The summed E-state index contributed by atoms with van der Waals surface area (Å²) in [5.41, 5.74) is 1.18. The molecule has 25 heavy (non-hydrogen) atoms. The van der Waals surface area contributed by atoms with Crippen molar-refractivity contribution in [1.29, 1.82) is 0 Å². The molecular weight excluding hydrogens is 318 g/mol. The monoisotopic (exact) mass is 341 g/mol. The average Bonchev–Trinajstić information content (AvgIpc) is 3.41. The van der Waals surface area contributed by atoms with Gasteiger partial charge in [-0.1, -0.05) is 0 Å². The van der Waals surface area contributed by atoms with Crippen molar-refractivity contribution in [3.05, 3.63) is 24.0 Å². The van der Waals surface area contributed by atoms with Gasteiger partial charge in [-0.25, -0.2) is 4.98 Å². The fraction of sp³-hybridized carbons (Fsp3) is 0.529. The Morgan fingerprint density at radius 1 is 1.32 bits per heavy atom. The lowest BCUT2D eigenvalue weighted by molar-refractivity contribution is -0.124. The van der Waals surface area contributed by atoms with Crippen molar-refractivity contribution in [2.24, 2.45) is 5.92 Å². The van der Waals surface area contributed by atoms with E-state index in [0.29, 0.717) is 24.2 Å². The molecule has 3 heterocycles. The molecule has 1 saturated heterocycles. The summed E-state index contributed by atoms with van der Waals surface area (Å²) in [6, 6.07) is 3.87. The van der Waals surface area contributed by atoms with Crippen LogP contribution in [0.2, 0.25) is 0 Å². The van der Waals surface area contributed by atoms with E-state index in [1.807, 2.05) is 12.1 Å². The second kappa shape index (κ2) is 6.70. The Bertz CT molecular complexity index is 755. The number of carbonyl (C=O) groups excluding carboxylic acids is 1. The first kappa shape index (κ1) is 15.9. The molecule has 132 valence electrons. The summed E-state index contributed by atoms with van der Waals surface area (Å²) in [6.07, 6.45) is 6.08. The SMILES string of the molecule is CNC(=O)C1CCCN(c2nccc(Nc3cc(C4CC4)[nH]n3)n2)C1. The van der Waals surface area contributed by atoms with Gasteiger partial charge in [-0.3, -0.25) is 9.89 Å². The molecule has 8 heteroatoms. The number of nitrogens with one attached hydrogen (secondary N) is 3. The van der Waals surface area contributed by atoms with Crippen molar-refractivity contribution in [2.75, 3.05) is 30.4 Å². The smallest absolute Gasteiger partial charge is 0.227 e. The summed E-state index contributed by atoms with van der Waals surface area (Å²) in [5.74, 6) is 2.85. The minimum atomic E-state index is -0.00796. The lowest BCUT2D eigenvalue weighted by Gasteiger charge is -2.31. The molecule has 0 aromatic carbocycles. The zero-order valence-electron chi connectivity index (χ0n) is 14.3. The predicted molar refractivity (Wildman–Crippen MR) is 94.9 cm³/mol. The summed E-state index contributed by atoms with van der Waals surface area (Å²) in [7, 11) is 1.68. The van der Waals surface area contributed by atoms with Gasteiger partial charge < -0.3 is 15.5 Å². The lowest BCUT2D eigenvalue weighted by atomic mass is 9.97. The van der Waals surface area contributed by atoms with Gasteiger partial charge in [-0.2, -0.15) is 10.1 Å². The number of anilines is 3. The van der Waals surface area contributed by atoms with Crippen molar-refractivity contribution in [1.82, 2.24) is 25.5 Å². The summed E-state index contributed by atoms with van der Waals surface area (Å²) >= 11 is 0. The van der Waals surface area contributed by atoms with Crippen LogP contribution in [0.3, 0.4) is 0 Å². The van der Waals surface area contributed by atoms with Gasteiger partial charge in [0, 0.05) is 44.0 Å². The van der Waals surface area contributed by atoms with E-state index < -0.39 is 0 Å². The molecule has 3 N–H and O–H groups in total. The average molecular weight is 341 g/mol. The van der Waals surface area contributed by atoms with E-state index in [-0.39, 0.29) is 11.8 Å². The fourth-order valence-electron chi connectivity index (χ4n) is 3.28. The van der Waals surface area contributed by atoms with Crippen molar-refractivity contribution in [2.45, 2.75) is 31.6 Å². The standard InChI is InChI=1S/C17H23N7O/c1-18-16(25)12-3-2-8-24(10-12)17-19-7-6-14(21-17)20-15-9-13(22-23-15)11-4-5-11/h6-7,9,11-12H,2-5,8,10H2,1H3,(H,18,25)(H2,19,20,21,22,23). The van der Waals surface area contributed by atoms with Gasteiger partial charge in [-0.05, 0) is 31.7 Å². The predicted octanol–water partition coefficient (Wildman–Crippen LogP) is 1.78. The Morgan fingerprint density at radius 2 is 2.20 bits per heavy atom. The van der Waals surface area contributed by atoms with Crippen LogP contribution >= 0.6 is 0 Å². The Hall–Kier alpha value is -2.64. The Morgan fingerprint density at radius 3 is 3.00 bits per heavy atom. The number of carbonyl (C=O) groups is 1. The van der Waals surface area contributed by atoms with Crippen molar-refractivity contribution < 1.29 is 4.79 Å². The summed E-state index contributed by atoms with van der Waals surface area (Å²) in [5, 5.41) is 13.3. The van der Waals surface area contributed by atoms with E-state index in [1.54, 1.807) is 13.2 Å². The largest absolute Gasteiger partial charge is 0.359 e. The Labute approximate surface area is 146 Å². The van der Waals surface area contributed by atoms with Crippen LogP contribution in [0.15, 0.2) is 18.3 Å². The highest BCUT2D eigenvalue weighted by Crippen LogP contribution is 2.39. The highest BCUT2D eigenvalue weighted by molar-refractivity contribution is 5.79. The van der Waals surface area contributed by atoms with E-state index in [4.69, 9.17) is 0 Å². The number of H-pyrrole nitrogens is 1. The number of aromatic amines is 1. The fourth-order valence-corrected chi connectivity index (χ4v) is 3.28. The highest BCUT2D eigenvalue weighted by atomic mass is 16.1. The second-order valence-corrected chi connectivity index (χ2v) is 6.75. The maximum absolute atomic E-state index is 11.9. The molecule has 1 saturated carbocycles. The molecule has 1 unspecified atom stereocenters. The summed E-state index contributed by atoms with van der Waals surface area (Å²) < 4.78 is 0. The van der Waals surface area contributed by atoms with Crippen LogP contribution in [0.1, 0.15) is 37.3 Å². The summed E-state index contributed by atoms with van der Waals surface area (Å²) in [6.45, 7) is 1.52. The molecular formula is C17H23N7O. The quantitative estimate of drug-likeness (QED) is 0.767. The molecule has 4 rings (SSSR count). The molecule has 2 fully saturated rings. The zero-order valence-corrected chi connectivity index (χ0v) is 14.3. The van der Waals surface area contributed by atoms with E-state index in [2.05, 4.69) is 35.7 Å². The molecule has 2 aliphatic rings. The first-order valence-electron chi connectivity index (χ1n) is 8.85. The number of rotatable bonds is 5. The normalized spacial score (nSPS) is 20.4.